The summed E-state index contributed by atoms with van der Waals surface area (Å²) in [5.74, 6) is 2.00. The molecule has 0 N–H and O–H groups in total. The number of ether oxygens (including phenoxy) is 1. The van der Waals surface area contributed by atoms with Gasteiger partial charge in [0.05, 0.1) is 19.0 Å². The van der Waals surface area contributed by atoms with Crippen molar-refractivity contribution in [3.8, 4) is 16.6 Å². The molecule has 0 radical (unpaired) electrons. The van der Waals surface area contributed by atoms with Gasteiger partial charge in [-0.05, 0) is 17.9 Å². The molecular weight excluding hydrogens is 405 g/mol. The second kappa shape index (κ2) is 6.90. The largest absolute Gasteiger partial charge is 0.477 e. The Kier molecular flexibility index (Phi) is 4.34. The number of rotatable bonds is 5. The third-order valence-electron chi connectivity index (χ3n) is 5.33. The second-order valence-corrected chi connectivity index (χ2v) is 7.91. The summed E-state index contributed by atoms with van der Waals surface area (Å²) in [5, 5.41) is 8.57. The van der Waals surface area contributed by atoms with Crippen molar-refractivity contribution in [2.45, 2.75) is 6.18 Å². The minimum atomic E-state index is -4.47. The number of pyridine rings is 1. The number of hydrogen-bond acceptors (Lipinski definition) is 8. The van der Waals surface area contributed by atoms with E-state index in [2.05, 4.69) is 30.0 Å². The van der Waals surface area contributed by atoms with E-state index in [-0.39, 0.29) is 5.88 Å². The van der Waals surface area contributed by atoms with Gasteiger partial charge < -0.3 is 9.64 Å². The Morgan fingerprint density at radius 2 is 1.97 bits per heavy atom. The first-order chi connectivity index (χ1) is 14.0. The van der Waals surface area contributed by atoms with Crippen LogP contribution in [0.25, 0.3) is 10.7 Å². The van der Waals surface area contributed by atoms with Crippen molar-refractivity contribution >= 4 is 17.2 Å². The van der Waals surface area contributed by atoms with Crippen LogP contribution in [-0.4, -0.2) is 44.8 Å². The Labute approximate surface area is 167 Å². The van der Waals surface area contributed by atoms with Crippen LogP contribution in [0.1, 0.15) is 5.69 Å². The van der Waals surface area contributed by atoms with E-state index in [1.807, 2.05) is 0 Å². The van der Waals surface area contributed by atoms with Crippen LogP contribution >= 0.6 is 11.3 Å². The second-order valence-electron chi connectivity index (χ2n) is 7.07. The van der Waals surface area contributed by atoms with Gasteiger partial charge in [0.15, 0.2) is 5.01 Å². The van der Waals surface area contributed by atoms with E-state index in [1.54, 1.807) is 17.9 Å². The average molecular weight is 420 g/mol. The van der Waals surface area contributed by atoms with Crippen LogP contribution in [-0.2, 0) is 6.18 Å². The van der Waals surface area contributed by atoms with Gasteiger partial charge in [0.25, 0.3) is 0 Å². The summed E-state index contributed by atoms with van der Waals surface area (Å²) in [6.07, 6.45) is -1.08. The lowest BCUT2D eigenvalue weighted by molar-refractivity contribution is -0.141. The van der Waals surface area contributed by atoms with Crippen molar-refractivity contribution in [3.63, 3.8) is 0 Å². The van der Waals surface area contributed by atoms with Gasteiger partial charge in [0, 0.05) is 25.1 Å². The molecule has 1 saturated heterocycles. The van der Waals surface area contributed by atoms with E-state index < -0.39 is 11.9 Å². The summed E-state index contributed by atoms with van der Waals surface area (Å²) in [7, 11) is 0. The Bertz CT molecular complexity index is 1000. The van der Waals surface area contributed by atoms with Crippen LogP contribution in [0.2, 0.25) is 0 Å². The van der Waals surface area contributed by atoms with Crippen LogP contribution in [0.5, 0.6) is 5.88 Å². The summed E-state index contributed by atoms with van der Waals surface area (Å²) in [6.45, 7) is 2.01. The molecular formula is C18H15F3N6OS. The first-order valence-corrected chi connectivity index (χ1v) is 9.87. The lowest BCUT2D eigenvalue weighted by atomic mass is 10.3. The summed E-state index contributed by atoms with van der Waals surface area (Å²) in [6, 6.07) is 3.70. The molecule has 2 fully saturated rings. The molecule has 2 aliphatic rings. The molecule has 11 heteroatoms. The van der Waals surface area contributed by atoms with Gasteiger partial charge in [-0.3, -0.25) is 4.98 Å². The molecule has 1 saturated carbocycles. The molecule has 7 nitrogen and oxygen atoms in total. The molecule has 0 aromatic carbocycles. The monoisotopic (exact) mass is 420 g/mol. The number of fused-ring (bicyclic) bond motifs is 1. The molecule has 150 valence electrons. The van der Waals surface area contributed by atoms with Gasteiger partial charge in [0.2, 0.25) is 5.88 Å². The Hall–Kier alpha value is -2.82. The molecule has 1 aliphatic carbocycles. The van der Waals surface area contributed by atoms with Crippen molar-refractivity contribution in [2.24, 2.45) is 17.8 Å². The molecule has 29 heavy (non-hydrogen) atoms. The van der Waals surface area contributed by atoms with Gasteiger partial charge in [-0.15, -0.1) is 10.2 Å². The van der Waals surface area contributed by atoms with E-state index >= 15 is 0 Å². The fraction of sp³-hybridized carbons (Fsp3) is 0.389. The topological polar surface area (TPSA) is 76.9 Å². The van der Waals surface area contributed by atoms with Crippen molar-refractivity contribution in [3.05, 3.63) is 41.8 Å². The highest BCUT2D eigenvalue weighted by Crippen LogP contribution is 2.52. The predicted molar refractivity (Wildman–Crippen MR) is 98.4 cm³/mol. The van der Waals surface area contributed by atoms with E-state index in [1.165, 1.54) is 23.5 Å². The van der Waals surface area contributed by atoms with Crippen molar-refractivity contribution < 1.29 is 17.9 Å². The van der Waals surface area contributed by atoms with Crippen LogP contribution in [0, 0.1) is 17.8 Å². The van der Waals surface area contributed by atoms with Crippen LogP contribution in [0.15, 0.2) is 36.1 Å². The van der Waals surface area contributed by atoms with Gasteiger partial charge >= 0.3 is 6.18 Å². The molecule has 0 spiro atoms. The standard InChI is InChI=1S/C18H15F3N6OS/c19-18(20,21)14-2-1-3-16(25-14)28-8-12-10-6-27(7-11(10)12)15-5-22-4-13(24-15)17-26-23-9-29-17/h1-5,9-12H,6-8H2/t10-,11+,12+. The summed E-state index contributed by atoms with van der Waals surface area (Å²) in [4.78, 5) is 14.6. The fourth-order valence-corrected chi connectivity index (χ4v) is 4.32. The molecule has 0 amide bonds. The Morgan fingerprint density at radius 3 is 2.69 bits per heavy atom. The normalized spacial score (nSPS) is 23.1. The van der Waals surface area contributed by atoms with E-state index in [0.717, 1.165) is 30.0 Å². The highest BCUT2D eigenvalue weighted by atomic mass is 32.1. The lowest BCUT2D eigenvalue weighted by Gasteiger charge is -2.20. The maximum atomic E-state index is 12.7. The number of halogens is 3. The zero-order chi connectivity index (χ0) is 20.0. The molecule has 3 aromatic rings. The summed E-state index contributed by atoms with van der Waals surface area (Å²) >= 11 is 1.41. The summed E-state index contributed by atoms with van der Waals surface area (Å²) < 4.78 is 43.8. The van der Waals surface area contributed by atoms with Gasteiger partial charge in [-0.2, -0.15) is 13.2 Å². The highest BCUT2D eigenvalue weighted by Gasteiger charge is 2.56. The first-order valence-electron chi connectivity index (χ1n) is 8.99. The number of alkyl halides is 3. The molecule has 1 aliphatic heterocycles. The minimum absolute atomic E-state index is 0.0114. The molecule has 5 rings (SSSR count). The molecule has 3 aromatic heterocycles. The smallest absolute Gasteiger partial charge is 0.433 e. The molecule has 3 atom stereocenters. The minimum Gasteiger partial charge on any atom is -0.477 e. The Balaban J connectivity index is 1.18. The van der Waals surface area contributed by atoms with E-state index in [0.29, 0.717) is 30.1 Å². The quantitative estimate of drug-likeness (QED) is 0.627. The van der Waals surface area contributed by atoms with E-state index in [4.69, 9.17) is 4.74 Å². The zero-order valence-corrected chi connectivity index (χ0v) is 15.8. The predicted octanol–water partition coefficient (Wildman–Crippen LogP) is 3.17. The number of hydrogen-bond donors (Lipinski definition) is 0. The van der Waals surface area contributed by atoms with Gasteiger partial charge in [-0.25, -0.2) is 9.97 Å². The SMILES string of the molecule is FC(F)(F)c1cccc(OC[C@@H]2[C@H]3CN(c4cncc(-c5nncs5)n4)C[C@@H]23)n1. The Morgan fingerprint density at radius 1 is 1.14 bits per heavy atom. The van der Waals surface area contributed by atoms with Gasteiger partial charge in [0.1, 0.15) is 22.7 Å². The number of anilines is 1. The molecule has 4 heterocycles. The van der Waals surface area contributed by atoms with E-state index in [9.17, 15) is 13.2 Å². The van der Waals surface area contributed by atoms with Crippen LogP contribution in [0.3, 0.4) is 0 Å². The van der Waals surface area contributed by atoms with Crippen LogP contribution in [0.4, 0.5) is 19.0 Å². The molecule has 0 bridgehead atoms. The fourth-order valence-electron chi connectivity index (χ4n) is 3.81. The van der Waals surface area contributed by atoms with Crippen LogP contribution < -0.4 is 9.64 Å². The third-order valence-corrected chi connectivity index (χ3v) is 6.05. The lowest BCUT2D eigenvalue weighted by Crippen LogP contribution is -2.26. The number of piperidine rings is 1. The number of aromatic nitrogens is 5. The average Bonchev–Trinajstić information content (AvgIpc) is 3.14. The number of nitrogens with zero attached hydrogens (tertiary/aromatic N) is 6. The van der Waals surface area contributed by atoms with Crippen molar-refractivity contribution in [1.29, 1.82) is 0 Å². The maximum Gasteiger partial charge on any atom is 0.433 e. The summed E-state index contributed by atoms with van der Waals surface area (Å²) in [5.41, 5.74) is 1.41. The first kappa shape index (κ1) is 18.2. The maximum absolute atomic E-state index is 12.7. The van der Waals surface area contributed by atoms with Crippen molar-refractivity contribution in [1.82, 2.24) is 25.1 Å². The zero-order valence-electron chi connectivity index (χ0n) is 15.0. The highest BCUT2D eigenvalue weighted by molar-refractivity contribution is 7.12. The van der Waals surface area contributed by atoms with Gasteiger partial charge in [-0.1, -0.05) is 17.4 Å². The van der Waals surface area contributed by atoms with Crippen molar-refractivity contribution in [2.75, 3.05) is 24.6 Å². The third kappa shape index (κ3) is 3.61. The molecule has 0 unspecified atom stereocenters.